The fraction of sp³-hybridized carbons (Fsp3) is 0.440. The lowest BCUT2D eigenvalue weighted by atomic mass is 9.85. The number of carbonyl (C=O) groups is 11. The minimum absolute atomic E-state index is 0.0380. The molecule has 13 atom stereocenters. The Morgan fingerprint density at radius 2 is 0.939 bits per heavy atom. The molecule has 12 bridgehead atoms. The quantitative estimate of drug-likeness (QED) is 0.0616. The summed E-state index contributed by atoms with van der Waals surface area (Å²) in [6, 6.07) is 26.2. The van der Waals surface area contributed by atoms with E-state index < -0.39 is 161 Å². The molecule has 0 saturated carbocycles. The molecule has 0 unspecified atom stereocenters. The van der Waals surface area contributed by atoms with Gasteiger partial charge in [0.05, 0.1) is 48.5 Å². The fourth-order valence-corrected chi connectivity index (χ4v) is 14.5. The molecule has 6 aromatic carbocycles. The number of amides is 8. The molecular formula is C84H102N16O15. The zero-order valence-corrected chi connectivity index (χ0v) is 66.4. The standard InChI is InChI=1S/C84H102N16O15/c1-47(85-10)73(102)91-71(83(4,5)6)79(108)97-43-61-39-68(97)77(106)88-65(36-52-20-26-54-16-12-14-18-56(54)33-52)70(101)38-58(82(112)113)32-50-22-28-63(29-23-50)114-45-59-42-100(96-93-59)62-40-69(98(44-62)80(109)72(84(7,8)9)92-74(103)48(2)86-11)78(107)90-67(37-53-21-27-55-17-13-15-19-57(55)34-53)76(105)89-66(75(104)87-49(3)81(110)111)35-51-24-30-64(31-25-51)115-46-60-41-99(61)95-94-60/h12-31,33-34,41-42,47-49,58,61-62,65-69,71-72,85-86H,32,35-40,43-46H2,1-11H3,(H,87,104)(H,88,106)(H,89,105)(H,90,107)(H,91,102)(H,92,103)(H,110,111)(H,112,113)/t47-,48-,49-,58+,61-,62-,65-,66-,67-,68-,69-,71+,72+/m0/s1. The number of ketones is 1. The highest BCUT2D eigenvalue weighted by Crippen LogP contribution is 2.35. The van der Waals surface area contributed by atoms with Gasteiger partial charge in [-0.2, -0.15) is 0 Å². The van der Waals surface area contributed by atoms with Gasteiger partial charge in [-0.3, -0.25) is 52.7 Å². The van der Waals surface area contributed by atoms with E-state index >= 15 is 28.8 Å². The third kappa shape index (κ3) is 21.1. The summed E-state index contributed by atoms with van der Waals surface area (Å²) >= 11 is 0. The first-order valence-corrected chi connectivity index (χ1v) is 38.7. The van der Waals surface area contributed by atoms with Gasteiger partial charge >= 0.3 is 11.9 Å². The van der Waals surface area contributed by atoms with E-state index in [1.165, 1.54) is 26.1 Å². The normalized spacial score (nSPS) is 21.5. The number of nitrogens with one attached hydrogen (secondary N) is 8. The molecule has 0 spiro atoms. The van der Waals surface area contributed by atoms with Crippen molar-refractivity contribution in [3.8, 4) is 11.5 Å². The third-order valence-electron chi connectivity index (χ3n) is 21.6. The van der Waals surface area contributed by atoms with Crippen molar-refractivity contribution in [1.82, 2.24) is 82.3 Å². The average Bonchev–Trinajstić information content (AvgIpc) is 1.65. The first-order valence-electron chi connectivity index (χ1n) is 38.7. The molecule has 0 radical (unpaired) electrons. The van der Waals surface area contributed by atoms with Gasteiger partial charge in [0.2, 0.25) is 47.3 Å². The van der Waals surface area contributed by atoms with Crippen molar-refractivity contribution in [1.29, 1.82) is 0 Å². The van der Waals surface area contributed by atoms with Gasteiger partial charge in [0, 0.05) is 45.2 Å². The highest BCUT2D eigenvalue weighted by atomic mass is 16.5. The lowest BCUT2D eigenvalue weighted by molar-refractivity contribution is -0.145. The minimum Gasteiger partial charge on any atom is -0.487 e. The second-order valence-corrected chi connectivity index (χ2v) is 32.3. The van der Waals surface area contributed by atoms with Crippen LogP contribution < -0.4 is 52.0 Å². The van der Waals surface area contributed by atoms with Crippen molar-refractivity contribution >= 4 is 86.5 Å². The number of carbonyl (C=O) groups excluding carboxylic acids is 9. The van der Waals surface area contributed by atoms with Gasteiger partial charge < -0.3 is 72.0 Å². The molecule has 31 nitrogen and oxygen atoms in total. The molecule has 2 saturated heterocycles. The van der Waals surface area contributed by atoms with Crippen LogP contribution in [0.5, 0.6) is 11.5 Å². The minimum atomic E-state index is -1.45. The van der Waals surface area contributed by atoms with Crippen LogP contribution in [0.3, 0.4) is 0 Å². The molecule has 8 aromatic rings. The Balaban J connectivity index is 0.944. The number of aliphatic carboxylic acids is 2. The van der Waals surface area contributed by atoms with Crippen molar-refractivity contribution in [2.24, 2.45) is 16.7 Å². The number of likely N-dealkylation sites (N-methyl/N-ethyl adjacent to an activating group) is 2. The zero-order chi connectivity index (χ0) is 82.7. The summed E-state index contributed by atoms with van der Waals surface area (Å²) in [7, 11) is 3.21. The molecule has 10 N–H and O–H groups in total. The Labute approximate surface area is 666 Å². The van der Waals surface area contributed by atoms with Crippen molar-refractivity contribution < 1.29 is 72.4 Å². The topological polar surface area (TPSA) is 411 Å². The monoisotopic (exact) mass is 1570 g/mol. The van der Waals surface area contributed by atoms with E-state index in [-0.39, 0.29) is 64.8 Å². The van der Waals surface area contributed by atoms with Crippen LogP contribution in [-0.2, 0) is 91.6 Å². The number of nitrogens with zero attached hydrogens (tertiary/aromatic N) is 8. The van der Waals surface area contributed by atoms with E-state index in [1.54, 1.807) is 136 Å². The molecule has 608 valence electrons. The molecular weight excluding hydrogens is 1470 g/mol. The Bertz CT molecular complexity index is 4900. The first-order chi connectivity index (χ1) is 54.7. The molecule has 115 heavy (non-hydrogen) atoms. The van der Waals surface area contributed by atoms with Crippen molar-refractivity contribution in [3.63, 3.8) is 0 Å². The highest BCUT2D eigenvalue weighted by Gasteiger charge is 2.49. The zero-order valence-electron chi connectivity index (χ0n) is 66.4. The van der Waals surface area contributed by atoms with Crippen molar-refractivity contribution in [2.75, 3.05) is 27.2 Å². The molecule has 0 aliphatic carbocycles. The van der Waals surface area contributed by atoms with Crippen LogP contribution in [0.4, 0.5) is 0 Å². The van der Waals surface area contributed by atoms with Gasteiger partial charge in [-0.15, -0.1) is 10.2 Å². The summed E-state index contributed by atoms with van der Waals surface area (Å²) in [6.07, 6.45) is 2.13. The fourth-order valence-electron chi connectivity index (χ4n) is 14.5. The second-order valence-electron chi connectivity index (χ2n) is 32.3. The van der Waals surface area contributed by atoms with Gasteiger partial charge in [-0.1, -0.05) is 161 Å². The summed E-state index contributed by atoms with van der Waals surface area (Å²) in [5.74, 6) is -9.04. The summed E-state index contributed by atoms with van der Waals surface area (Å²) < 4.78 is 15.5. The maximum atomic E-state index is 15.5. The maximum absolute atomic E-state index is 15.5. The largest absolute Gasteiger partial charge is 0.487 e. The lowest BCUT2D eigenvalue weighted by Gasteiger charge is -2.36. The summed E-state index contributed by atoms with van der Waals surface area (Å²) in [6.45, 7) is 14.8. The number of rotatable bonds is 16. The Kier molecular flexibility index (Phi) is 26.6. The van der Waals surface area contributed by atoms with Crippen LogP contribution in [0.2, 0.25) is 0 Å². The average molecular weight is 1580 g/mol. The number of hydrogen-bond donors (Lipinski definition) is 10. The molecule has 2 fully saturated rings. The van der Waals surface area contributed by atoms with E-state index in [2.05, 4.69) is 63.2 Å². The number of benzene rings is 6. The van der Waals surface area contributed by atoms with Gasteiger partial charge in [0.25, 0.3) is 0 Å². The van der Waals surface area contributed by atoms with E-state index in [0.29, 0.717) is 45.1 Å². The van der Waals surface area contributed by atoms with Crippen LogP contribution >= 0.6 is 0 Å². The third-order valence-corrected chi connectivity index (χ3v) is 21.6. The molecule has 8 amide bonds. The predicted octanol–water partition coefficient (Wildman–Crippen LogP) is 4.88. The maximum Gasteiger partial charge on any atom is 0.325 e. The number of carboxylic acid groups (broad SMARTS) is 2. The van der Waals surface area contributed by atoms with Crippen LogP contribution in [0, 0.1) is 16.7 Å². The first kappa shape index (κ1) is 83.9. The Hall–Kier alpha value is -12.0. The predicted molar refractivity (Wildman–Crippen MR) is 424 cm³/mol. The van der Waals surface area contributed by atoms with Crippen LogP contribution in [0.15, 0.2) is 146 Å². The number of ether oxygens (including phenoxy) is 2. The van der Waals surface area contributed by atoms with E-state index in [1.807, 2.05) is 78.9 Å². The number of aromatic nitrogens is 6. The highest BCUT2D eigenvalue weighted by molar-refractivity contribution is 5.99. The molecule has 8 heterocycles. The van der Waals surface area contributed by atoms with Crippen LogP contribution in [0.1, 0.15) is 127 Å². The van der Waals surface area contributed by atoms with Gasteiger partial charge in [0.1, 0.15) is 78.4 Å². The number of carboxylic acids is 2. The van der Waals surface area contributed by atoms with Crippen LogP contribution in [0.25, 0.3) is 21.5 Å². The van der Waals surface area contributed by atoms with Crippen LogP contribution in [-0.4, -0.2) is 203 Å². The van der Waals surface area contributed by atoms with Crippen molar-refractivity contribution in [2.45, 2.75) is 193 Å². The summed E-state index contributed by atoms with van der Waals surface area (Å²) in [5, 5.41) is 64.9. The molecule has 6 aliphatic rings. The van der Waals surface area contributed by atoms with E-state index in [9.17, 15) is 34.2 Å². The molecule has 2 aromatic heterocycles. The second kappa shape index (κ2) is 36.4. The smallest absolute Gasteiger partial charge is 0.325 e. The van der Waals surface area contributed by atoms with Gasteiger partial charge in [-0.25, -0.2) is 9.36 Å². The molecule has 14 rings (SSSR count). The molecule has 6 aliphatic heterocycles. The van der Waals surface area contributed by atoms with Gasteiger partial charge in [-0.05, 0) is 127 Å². The summed E-state index contributed by atoms with van der Waals surface area (Å²) in [5.41, 5.74) is 1.18. The number of likely N-dealkylation sites (tertiary alicyclic amines) is 2. The molecule has 31 heteroatoms. The number of hydrogen-bond acceptors (Lipinski definition) is 19. The Morgan fingerprint density at radius 1 is 0.513 bits per heavy atom. The SMILES string of the molecule is CN[C@@H](C)C(=O)N[C@H](C(=O)N1C[C@@H]2C[C@H]1C(=O)N[C@@H](Cc1ccc3ccccc3c1)C(=O)C[C@H](C(=O)O)Cc1ccc(cc1)OCc1cn(nn1)[C@H]1C[C@@H](C(=O)N[C@@H](Cc3ccc4ccccc4c3)C(=O)N[C@H](C(=O)N[C@@H](C)C(=O)O)Cc3ccc(cc3)OCc3cn2nn3)N(C(=O)[C@@H](NC(=O)[C@H](C)NC)C(C)(C)C)C1)C(C)(C)C. The Morgan fingerprint density at radius 3 is 1.37 bits per heavy atom. The lowest BCUT2D eigenvalue weighted by Crippen LogP contribution is -2.61. The number of Topliss-reactive ketones (excluding diaryl/α,β-unsaturated/α-hetero) is 1. The number of fused-ring (bicyclic) bond motifs is 2. The summed E-state index contributed by atoms with van der Waals surface area (Å²) in [4.78, 5) is 162. The van der Waals surface area contributed by atoms with Gasteiger partial charge in [0.15, 0.2) is 5.78 Å². The van der Waals surface area contributed by atoms with E-state index in [0.717, 1.165) is 21.5 Å². The van der Waals surface area contributed by atoms with E-state index in [4.69, 9.17) is 9.47 Å². The van der Waals surface area contributed by atoms with Crippen molar-refractivity contribution in [3.05, 3.63) is 179 Å².